The molecular formula is C30H41FN6O4. The predicted octanol–water partition coefficient (Wildman–Crippen LogP) is 1.40. The smallest absolute Gasteiger partial charge is 0.262 e. The molecule has 0 aliphatic carbocycles. The van der Waals surface area contributed by atoms with Gasteiger partial charge >= 0.3 is 0 Å². The summed E-state index contributed by atoms with van der Waals surface area (Å²) in [7, 11) is 0. The first-order valence-corrected chi connectivity index (χ1v) is 15.2. The Morgan fingerprint density at radius 1 is 0.951 bits per heavy atom. The highest BCUT2D eigenvalue weighted by Gasteiger charge is 2.45. The van der Waals surface area contributed by atoms with Gasteiger partial charge in [0, 0.05) is 77.1 Å². The summed E-state index contributed by atoms with van der Waals surface area (Å²) in [4.78, 5) is 58.1. The number of hydrogen-bond donors (Lipinski definition) is 2. The molecule has 6 rings (SSSR count). The van der Waals surface area contributed by atoms with Crippen molar-refractivity contribution in [3.8, 4) is 0 Å². The molecule has 0 aromatic heterocycles. The number of nitrogens with zero attached hydrogens (tertiary/aromatic N) is 4. The molecule has 10 nitrogen and oxygen atoms in total. The van der Waals surface area contributed by atoms with Gasteiger partial charge in [0.1, 0.15) is 11.7 Å². The lowest BCUT2D eigenvalue weighted by atomic mass is 9.90. The standard InChI is InChI=1S/C30H41FN6O4/c1-20-17-32-10-15-36(20)19-30(31)8-13-34(14-9-30)18-21-6-11-35(12-7-21)22-2-3-23-24(16-22)29(41)37(28(23)40)25-4-5-26(38)33-27(25)39/h2-3,16,20-21,25,32H,4-15,17-19H2,1H3,(H,33,38,39)/t20-,25?/m0/s1. The summed E-state index contributed by atoms with van der Waals surface area (Å²) in [5.41, 5.74) is 0.429. The van der Waals surface area contributed by atoms with E-state index in [1.54, 1.807) is 12.1 Å². The van der Waals surface area contributed by atoms with Crippen molar-refractivity contribution in [3.63, 3.8) is 0 Å². The number of piperidine rings is 3. The number of imide groups is 2. The lowest BCUT2D eigenvalue weighted by Crippen LogP contribution is -2.56. The van der Waals surface area contributed by atoms with Gasteiger partial charge in [-0.05, 0) is 63.1 Å². The Labute approximate surface area is 240 Å². The molecule has 4 saturated heterocycles. The van der Waals surface area contributed by atoms with E-state index in [0.717, 1.165) is 75.8 Å². The number of hydrogen-bond acceptors (Lipinski definition) is 8. The van der Waals surface area contributed by atoms with E-state index >= 15 is 4.39 Å². The number of fused-ring (bicyclic) bond motifs is 1. The van der Waals surface area contributed by atoms with Crippen LogP contribution in [0.5, 0.6) is 0 Å². The van der Waals surface area contributed by atoms with Crippen LogP contribution in [0.15, 0.2) is 18.2 Å². The van der Waals surface area contributed by atoms with E-state index in [1.165, 1.54) is 0 Å². The zero-order valence-electron chi connectivity index (χ0n) is 23.9. The van der Waals surface area contributed by atoms with Crippen molar-refractivity contribution < 1.29 is 23.6 Å². The number of anilines is 1. The molecule has 5 aliphatic heterocycles. The zero-order valence-corrected chi connectivity index (χ0v) is 23.9. The van der Waals surface area contributed by atoms with E-state index in [1.807, 2.05) is 6.07 Å². The Morgan fingerprint density at radius 2 is 1.68 bits per heavy atom. The van der Waals surface area contributed by atoms with Crippen molar-refractivity contribution in [1.29, 1.82) is 0 Å². The molecule has 5 heterocycles. The molecule has 11 heteroatoms. The molecule has 1 aromatic rings. The van der Waals surface area contributed by atoms with Gasteiger partial charge in [-0.3, -0.25) is 34.3 Å². The number of rotatable bonds is 6. The minimum atomic E-state index is -1.09. The van der Waals surface area contributed by atoms with E-state index in [-0.39, 0.29) is 18.7 Å². The van der Waals surface area contributed by atoms with Crippen molar-refractivity contribution in [1.82, 2.24) is 25.3 Å². The summed E-state index contributed by atoms with van der Waals surface area (Å²) in [6, 6.07) is 4.76. The summed E-state index contributed by atoms with van der Waals surface area (Å²) in [6.07, 6.45) is 3.48. The summed E-state index contributed by atoms with van der Waals surface area (Å²) < 4.78 is 15.7. The number of nitrogens with one attached hydrogen (secondary N) is 2. The van der Waals surface area contributed by atoms with E-state index in [2.05, 4.69) is 32.3 Å². The molecule has 4 fully saturated rings. The van der Waals surface area contributed by atoms with E-state index in [9.17, 15) is 19.2 Å². The van der Waals surface area contributed by atoms with E-state index in [0.29, 0.717) is 42.5 Å². The second-order valence-electron chi connectivity index (χ2n) is 12.6. The molecule has 2 N–H and O–H groups in total. The molecule has 41 heavy (non-hydrogen) atoms. The fourth-order valence-corrected chi connectivity index (χ4v) is 7.17. The Bertz CT molecular complexity index is 1210. The first-order chi connectivity index (χ1) is 19.7. The molecule has 0 saturated carbocycles. The van der Waals surface area contributed by atoms with E-state index in [4.69, 9.17) is 0 Å². The summed E-state index contributed by atoms with van der Waals surface area (Å²) in [5, 5.41) is 5.62. The SMILES string of the molecule is C[C@H]1CNCCN1CC1(F)CCN(CC2CCN(c3ccc4c(c3)C(=O)N(C3CCC(=O)NC3=O)C4=O)CC2)CC1. The quantitative estimate of drug-likeness (QED) is 0.497. The van der Waals surface area contributed by atoms with Gasteiger partial charge in [-0.25, -0.2) is 4.39 Å². The number of carbonyl (C=O) groups excluding carboxylic acids is 4. The van der Waals surface area contributed by atoms with Crippen molar-refractivity contribution in [2.24, 2.45) is 5.92 Å². The van der Waals surface area contributed by atoms with Crippen LogP contribution in [0, 0.1) is 5.92 Å². The van der Waals surface area contributed by atoms with E-state index < -0.39 is 29.4 Å². The largest absolute Gasteiger partial charge is 0.371 e. The van der Waals surface area contributed by atoms with Crippen LogP contribution < -0.4 is 15.5 Å². The van der Waals surface area contributed by atoms with Gasteiger partial charge in [0.05, 0.1) is 11.1 Å². The maximum Gasteiger partial charge on any atom is 0.262 e. The summed E-state index contributed by atoms with van der Waals surface area (Å²) in [5.74, 6) is -1.39. The Balaban J connectivity index is 1.00. The topological polar surface area (TPSA) is 105 Å². The molecular weight excluding hydrogens is 527 g/mol. The molecule has 0 spiro atoms. The average molecular weight is 569 g/mol. The average Bonchev–Trinajstić information content (AvgIpc) is 3.21. The van der Waals surface area contributed by atoms with Crippen LogP contribution in [0.3, 0.4) is 0 Å². The third kappa shape index (κ3) is 5.76. The normalized spacial score (nSPS) is 28.2. The van der Waals surface area contributed by atoms with Crippen LogP contribution >= 0.6 is 0 Å². The highest BCUT2D eigenvalue weighted by molar-refractivity contribution is 6.23. The second kappa shape index (κ2) is 11.4. The van der Waals surface area contributed by atoms with Gasteiger partial charge in [0.15, 0.2) is 0 Å². The van der Waals surface area contributed by atoms with Crippen LogP contribution in [0.4, 0.5) is 10.1 Å². The minimum absolute atomic E-state index is 0.103. The third-order valence-corrected chi connectivity index (χ3v) is 9.80. The van der Waals surface area contributed by atoms with Crippen molar-refractivity contribution in [2.45, 2.75) is 63.2 Å². The molecule has 1 unspecified atom stereocenters. The Kier molecular flexibility index (Phi) is 7.86. The first kappa shape index (κ1) is 28.2. The second-order valence-corrected chi connectivity index (χ2v) is 12.6. The summed E-state index contributed by atoms with van der Waals surface area (Å²) in [6.45, 7) is 9.81. The van der Waals surface area contributed by atoms with Crippen LogP contribution in [-0.2, 0) is 9.59 Å². The molecule has 1 aromatic carbocycles. The highest BCUT2D eigenvalue weighted by atomic mass is 19.1. The van der Waals surface area contributed by atoms with Crippen molar-refractivity contribution in [3.05, 3.63) is 29.3 Å². The molecule has 222 valence electrons. The number of carbonyl (C=O) groups is 4. The van der Waals surface area contributed by atoms with Crippen LogP contribution in [0.2, 0.25) is 0 Å². The van der Waals surface area contributed by atoms with Crippen LogP contribution in [-0.4, -0.2) is 115 Å². The Morgan fingerprint density at radius 3 is 2.39 bits per heavy atom. The number of halogens is 1. The van der Waals surface area contributed by atoms with Crippen molar-refractivity contribution >= 4 is 29.3 Å². The summed E-state index contributed by atoms with van der Waals surface area (Å²) >= 11 is 0. The maximum absolute atomic E-state index is 15.7. The molecule has 5 aliphatic rings. The number of piperazine rings is 1. The first-order valence-electron chi connectivity index (χ1n) is 15.2. The van der Waals surface area contributed by atoms with Crippen molar-refractivity contribution in [2.75, 3.05) is 63.8 Å². The third-order valence-electron chi connectivity index (χ3n) is 9.80. The van der Waals surface area contributed by atoms with Crippen LogP contribution in [0.25, 0.3) is 0 Å². The monoisotopic (exact) mass is 568 g/mol. The van der Waals surface area contributed by atoms with Gasteiger partial charge in [0.2, 0.25) is 11.8 Å². The number of alkyl halides is 1. The van der Waals surface area contributed by atoms with Crippen LogP contribution in [0.1, 0.15) is 66.2 Å². The maximum atomic E-state index is 15.7. The molecule has 2 atom stereocenters. The fraction of sp³-hybridized carbons (Fsp3) is 0.667. The number of likely N-dealkylation sites (tertiary alicyclic amines) is 1. The van der Waals surface area contributed by atoms with Gasteiger partial charge in [-0.2, -0.15) is 0 Å². The Hall–Kier alpha value is -2.89. The highest BCUT2D eigenvalue weighted by Crippen LogP contribution is 2.33. The van der Waals surface area contributed by atoms with Gasteiger partial charge in [-0.15, -0.1) is 0 Å². The minimum Gasteiger partial charge on any atom is -0.371 e. The zero-order chi connectivity index (χ0) is 28.7. The predicted molar refractivity (Wildman–Crippen MR) is 151 cm³/mol. The fourth-order valence-electron chi connectivity index (χ4n) is 7.17. The lowest BCUT2D eigenvalue weighted by molar-refractivity contribution is -0.136. The molecule has 4 amide bonds. The lowest BCUT2D eigenvalue weighted by Gasteiger charge is -2.43. The van der Waals surface area contributed by atoms with Gasteiger partial charge in [-0.1, -0.05) is 0 Å². The van der Waals surface area contributed by atoms with Gasteiger partial charge in [0.25, 0.3) is 11.8 Å². The molecule has 0 bridgehead atoms. The number of amides is 4. The number of benzene rings is 1. The molecule has 0 radical (unpaired) electrons. The van der Waals surface area contributed by atoms with Gasteiger partial charge < -0.3 is 15.1 Å².